The molecule has 0 N–H and O–H groups in total. The van der Waals surface area contributed by atoms with Crippen molar-refractivity contribution in [3.05, 3.63) is 18.1 Å². The molecule has 2 saturated heterocycles. The number of amides is 2. The number of rotatable bonds is 3. The summed E-state index contributed by atoms with van der Waals surface area (Å²) in [5.74, 6) is 0.715. The van der Waals surface area contributed by atoms with Crippen LogP contribution in [0.5, 0.6) is 0 Å². The van der Waals surface area contributed by atoms with Gasteiger partial charge in [0.1, 0.15) is 17.8 Å². The highest BCUT2D eigenvalue weighted by atomic mass is 16.6. The number of hydrogen-bond acceptors (Lipinski definition) is 6. The Bertz CT molecular complexity index is 610. The van der Waals surface area contributed by atoms with Gasteiger partial charge in [-0.25, -0.2) is 14.8 Å². The van der Waals surface area contributed by atoms with E-state index in [4.69, 9.17) is 4.74 Å². The topological polar surface area (TPSA) is 78.9 Å². The molecule has 0 radical (unpaired) electrons. The van der Waals surface area contributed by atoms with Crippen LogP contribution in [0.4, 0.5) is 10.6 Å². The lowest BCUT2D eigenvalue weighted by Crippen LogP contribution is -2.49. The molecule has 1 aromatic heterocycles. The van der Waals surface area contributed by atoms with Gasteiger partial charge in [0.2, 0.25) is 0 Å². The number of nitrogens with zero attached hydrogens (tertiary/aromatic N) is 5. The molecule has 8 nitrogen and oxygen atoms in total. The number of ether oxygens (including phenoxy) is 1. The second kappa shape index (κ2) is 8.13. The highest BCUT2D eigenvalue weighted by molar-refractivity contribution is 5.93. The molecular formula is C17H25N5O3. The van der Waals surface area contributed by atoms with Crippen LogP contribution in [0, 0.1) is 0 Å². The van der Waals surface area contributed by atoms with E-state index in [1.54, 1.807) is 17.9 Å². The molecule has 0 atom stereocenters. The zero-order valence-corrected chi connectivity index (χ0v) is 14.7. The van der Waals surface area contributed by atoms with E-state index in [0.29, 0.717) is 38.5 Å². The Labute approximate surface area is 147 Å². The van der Waals surface area contributed by atoms with Crippen molar-refractivity contribution >= 4 is 17.8 Å². The first-order valence-electron chi connectivity index (χ1n) is 8.97. The summed E-state index contributed by atoms with van der Waals surface area (Å²) in [5.41, 5.74) is 0.444. The Hall–Kier alpha value is -2.38. The number of hydrogen-bond donors (Lipinski definition) is 0. The summed E-state index contributed by atoms with van der Waals surface area (Å²) in [5, 5.41) is 0. The van der Waals surface area contributed by atoms with Crippen LogP contribution >= 0.6 is 0 Å². The maximum Gasteiger partial charge on any atom is 0.409 e. The fraction of sp³-hybridized carbons (Fsp3) is 0.647. The molecule has 25 heavy (non-hydrogen) atoms. The maximum atomic E-state index is 12.6. The van der Waals surface area contributed by atoms with Crippen LogP contribution in [0.3, 0.4) is 0 Å². The SMILES string of the molecule is CCOC(=O)N1CCN(c2cc(C(=O)N3CCCCC3)ncn2)CC1. The third-order valence-corrected chi connectivity index (χ3v) is 4.64. The molecular weight excluding hydrogens is 322 g/mol. The van der Waals surface area contributed by atoms with Crippen LogP contribution in [0.2, 0.25) is 0 Å². The number of piperazine rings is 1. The summed E-state index contributed by atoms with van der Waals surface area (Å²) in [6.45, 7) is 6.27. The van der Waals surface area contributed by atoms with E-state index in [1.807, 2.05) is 4.90 Å². The number of likely N-dealkylation sites (tertiary alicyclic amines) is 1. The molecule has 1 aromatic rings. The molecule has 0 aliphatic carbocycles. The minimum atomic E-state index is -0.272. The van der Waals surface area contributed by atoms with Crippen molar-refractivity contribution in [1.29, 1.82) is 0 Å². The number of carbonyl (C=O) groups is 2. The lowest BCUT2D eigenvalue weighted by atomic mass is 10.1. The standard InChI is InChI=1S/C17H25N5O3/c1-2-25-17(24)22-10-8-20(9-11-22)15-12-14(18-13-19-15)16(23)21-6-4-3-5-7-21/h12-13H,2-11H2,1H3. The third kappa shape index (κ3) is 4.18. The fourth-order valence-corrected chi connectivity index (χ4v) is 3.23. The Balaban J connectivity index is 1.62. The first-order chi connectivity index (χ1) is 12.2. The van der Waals surface area contributed by atoms with Crippen molar-refractivity contribution in [2.24, 2.45) is 0 Å². The predicted molar refractivity (Wildman–Crippen MR) is 92.6 cm³/mol. The Morgan fingerprint density at radius 1 is 1.00 bits per heavy atom. The van der Waals surface area contributed by atoms with Gasteiger partial charge in [-0.1, -0.05) is 0 Å². The normalized spacial score (nSPS) is 18.2. The second-order valence-corrected chi connectivity index (χ2v) is 6.29. The fourth-order valence-electron chi connectivity index (χ4n) is 3.23. The largest absolute Gasteiger partial charge is 0.450 e. The van der Waals surface area contributed by atoms with Crippen molar-refractivity contribution in [2.75, 3.05) is 50.8 Å². The molecule has 0 spiro atoms. The van der Waals surface area contributed by atoms with Gasteiger partial charge in [-0.2, -0.15) is 0 Å². The first kappa shape index (κ1) is 17.4. The van der Waals surface area contributed by atoms with Crippen LogP contribution < -0.4 is 4.90 Å². The molecule has 0 unspecified atom stereocenters. The minimum Gasteiger partial charge on any atom is -0.450 e. The van der Waals surface area contributed by atoms with E-state index in [-0.39, 0.29) is 12.0 Å². The number of aromatic nitrogens is 2. The molecule has 2 aliphatic heterocycles. The zero-order chi connectivity index (χ0) is 17.6. The van der Waals surface area contributed by atoms with Crippen molar-refractivity contribution in [3.63, 3.8) is 0 Å². The summed E-state index contributed by atoms with van der Waals surface area (Å²) in [7, 11) is 0. The van der Waals surface area contributed by atoms with Gasteiger partial charge >= 0.3 is 6.09 Å². The molecule has 8 heteroatoms. The molecule has 136 valence electrons. The van der Waals surface area contributed by atoms with Gasteiger partial charge in [0.15, 0.2) is 0 Å². The molecule has 0 saturated carbocycles. The van der Waals surface area contributed by atoms with E-state index < -0.39 is 0 Å². The summed E-state index contributed by atoms with van der Waals surface area (Å²) in [6.07, 6.45) is 4.47. The summed E-state index contributed by atoms with van der Waals surface area (Å²) in [4.78, 5) is 38.5. The maximum absolute atomic E-state index is 12.6. The summed E-state index contributed by atoms with van der Waals surface area (Å²) in [6, 6.07) is 1.76. The van der Waals surface area contributed by atoms with Crippen molar-refractivity contribution < 1.29 is 14.3 Å². The van der Waals surface area contributed by atoms with Gasteiger partial charge < -0.3 is 19.4 Å². The molecule has 0 bridgehead atoms. The van der Waals surface area contributed by atoms with Crippen LogP contribution in [0.25, 0.3) is 0 Å². The van der Waals surface area contributed by atoms with Crippen molar-refractivity contribution in [1.82, 2.24) is 19.8 Å². The van der Waals surface area contributed by atoms with Gasteiger partial charge in [-0.15, -0.1) is 0 Å². The molecule has 3 heterocycles. The smallest absolute Gasteiger partial charge is 0.409 e. The van der Waals surface area contributed by atoms with Crippen LogP contribution in [-0.2, 0) is 4.74 Å². The average Bonchev–Trinajstić information content (AvgIpc) is 2.68. The Morgan fingerprint density at radius 3 is 2.40 bits per heavy atom. The van der Waals surface area contributed by atoms with E-state index in [2.05, 4.69) is 14.9 Å². The van der Waals surface area contributed by atoms with Gasteiger partial charge in [0.05, 0.1) is 6.61 Å². The second-order valence-electron chi connectivity index (χ2n) is 6.29. The quantitative estimate of drug-likeness (QED) is 0.822. The number of carbonyl (C=O) groups excluding carboxylic acids is 2. The van der Waals surface area contributed by atoms with Gasteiger partial charge in [-0.3, -0.25) is 4.79 Å². The van der Waals surface area contributed by atoms with E-state index in [0.717, 1.165) is 31.7 Å². The van der Waals surface area contributed by atoms with E-state index in [9.17, 15) is 9.59 Å². The van der Waals surface area contributed by atoms with Gasteiger partial charge in [-0.05, 0) is 26.2 Å². The van der Waals surface area contributed by atoms with E-state index in [1.165, 1.54) is 12.7 Å². The van der Waals surface area contributed by atoms with Crippen LogP contribution in [-0.4, -0.2) is 77.6 Å². The first-order valence-corrected chi connectivity index (χ1v) is 8.97. The van der Waals surface area contributed by atoms with Crippen LogP contribution in [0.1, 0.15) is 36.7 Å². The third-order valence-electron chi connectivity index (χ3n) is 4.64. The van der Waals surface area contributed by atoms with Crippen LogP contribution in [0.15, 0.2) is 12.4 Å². The minimum absolute atomic E-state index is 0.0199. The lowest BCUT2D eigenvalue weighted by Gasteiger charge is -2.34. The average molecular weight is 347 g/mol. The van der Waals surface area contributed by atoms with Crippen molar-refractivity contribution in [2.45, 2.75) is 26.2 Å². The van der Waals surface area contributed by atoms with Gasteiger partial charge in [0, 0.05) is 45.3 Å². The monoisotopic (exact) mass is 347 g/mol. The van der Waals surface area contributed by atoms with Gasteiger partial charge in [0.25, 0.3) is 5.91 Å². The molecule has 2 aliphatic rings. The van der Waals surface area contributed by atoms with E-state index >= 15 is 0 Å². The Morgan fingerprint density at radius 2 is 1.72 bits per heavy atom. The molecule has 3 rings (SSSR count). The molecule has 0 aromatic carbocycles. The molecule has 2 amide bonds. The Kier molecular flexibility index (Phi) is 5.67. The predicted octanol–water partition coefficient (Wildman–Crippen LogP) is 1.38. The number of anilines is 1. The number of piperidine rings is 1. The summed E-state index contributed by atoms with van der Waals surface area (Å²) < 4.78 is 5.03. The highest BCUT2D eigenvalue weighted by Gasteiger charge is 2.24. The lowest BCUT2D eigenvalue weighted by molar-refractivity contribution is 0.0718. The zero-order valence-electron chi connectivity index (χ0n) is 14.7. The molecule has 2 fully saturated rings. The summed E-state index contributed by atoms with van der Waals surface area (Å²) >= 11 is 0. The van der Waals surface area contributed by atoms with Crippen molar-refractivity contribution in [3.8, 4) is 0 Å². The highest BCUT2D eigenvalue weighted by Crippen LogP contribution is 2.17.